The lowest BCUT2D eigenvalue weighted by atomic mass is 9.94. The van der Waals surface area contributed by atoms with Gasteiger partial charge in [0, 0.05) is 14.2 Å². The van der Waals surface area contributed by atoms with Crippen molar-refractivity contribution >= 4 is 0 Å². The summed E-state index contributed by atoms with van der Waals surface area (Å²) in [5.74, 6) is -0.482. The summed E-state index contributed by atoms with van der Waals surface area (Å²) in [7, 11) is 3.26. The highest BCUT2D eigenvalue weighted by atomic mass is 16.5. The first kappa shape index (κ1) is 20.5. The van der Waals surface area contributed by atoms with Crippen molar-refractivity contribution in [2.24, 2.45) is 22.1 Å². The maximum absolute atomic E-state index is 9.15. The Bertz CT molecular complexity index is 392. The number of rotatable bonds is 10. The van der Waals surface area contributed by atoms with E-state index in [9.17, 15) is 0 Å². The average Bonchev–Trinajstić information content (AvgIpc) is 2.48. The predicted molar refractivity (Wildman–Crippen MR) is 84.2 cm³/mol. The Morgan fingerprint density at radius 2 is 1.14 bits per heavy atom. The number of ether oxygens (including phenoxy) is 2. The summed E-state index contributed by atoms with van der Waals surface area (Å²) in [6.45, 7) is 8.41. The highest BCUT2D eigenvalue weighted by molar-refractivity contribution is 4.90. The fourth-order valence-corrected chi connectivity index (χ4v) is 1.97. The van der Waals surface area contributed by atoms with Crippen LogP contribution in [0.1, 0.15) is 40.5 Å². The van der Waals surface area contributed by atoms with E-state index in [0.29, 0.717) is 25.9 Å². The molecule has 0 aliphatic rings. The van der Waals surface area contributed by atoms with Crippen molar-refractivity contribution < 1.29 is 9.47 Å². The van der Waals surface area contributed by atoms with Gasteiger partial charge in [-0.3, -0.25) is 0 Å². The molecule has 0 fully saturated rings. The Balaban J connectivity index is 4.37. The number of nitriles is 2. The van der Waals surface area contributed by atoms with Gasteiger partial charge in [-0.2, -0.15) is 20.8 Å². The van der Waals surface area contributed by atoms with Crippen LogP contribution in [0.3, 0.4) is 0 Å². The monoisotopic (exact) mass is 308 g/mol. The largest absolute Gasteiger partial charge is 0.379 e. The first-order valence-electron chi connectivity index (χ1n) is 7.42. The third-order valence-corrected chi connectivity index (χ3v) is 3.65. The quantitative estimate of drug-likeness (QED) is 0.579. The second-order valence-electron chi connectivity index (χ2n) is 6.64. The van der Waals surface area contributed by atoms with E-state index in [2.05, 4.69) is 22.4 Å². The van der Waals surface area contributed by atoms with Crippen LogP contribution in [0.4, 0.5) is 0 Å². The number of nitrogens with zero attached hydrogens (tertiary/aromatic N) is 4. The van der Waals surface area contributed by atoms with Crippen LogP contribution in [0.5, 0.6) is 0 Å². The van der Waals surface area contributed by atoms with Crippen LogP contribution in [0.2, 0.25) is 0 Å². The predicted octanol–water partition coefficient (Wildman–Crippen LogP) is 3.35. The van der Waals surface area contributed by atoms with Crippen LogP contribution in [0.15, 0.2) is 10.2 Å². The van der Waals surface area contributed by atoms with Gasteiger partial charge in [-0.05, 0) is 40.5 Å². The third-order valence-electron chi connectivity index (χ3n) is 3.65. The highest BCUT2D eigenvalue weighted by Crippen LogP contribution is 2.21. The molecule has 6 nitrogen and oxygen atoms in total. The Hall–Kier alpha value is -1.50. The summed E-state index contributed by atoms with van der Waals surface area (Å²) in [4.78, 5) is 0. The van der Waals surface area contributed by atoms with E-state index in [4.69, 9.17) is 20.0 Å². The number of methoxy groups -OCH3 is 2. The summed E-state index contributed by atoms with van der Waals surface area (Å²) in [5, 5.41) is 26.4. The van der Waals surface area contributed by atoms with Crippen molar-refractivity contribution in [3.8, 4) is 12.1 Å². The molecular weight excluding hydrogens is 280 g/mol. The number of hydrogen-bond donors (Lipinski definition) is 0. The SMILES string of the molecule is COC(C)(C)CC(C#N)CN=NCC(C#N)CC(C)(C)OC. The van der Waals surface area contributed by atoms with E-state index in [1.165, 1.54) is 0 Å². The fourth-order valence-electron chi connectivity index (χ4n) is 1.97. The molecule has 124 valence electrons. The zero-order valence-electron chi connectivity index (χ0n) is 14.6. The van der Waals surface area contributed by atoms with Crippen molar-refractivity contribution in [1.29, 1.82) is 10.5 Å². The molecule has 0 N–H and O–H groups in total. The molecule has 0 aromatic heterocycles. The third kappa shape index (κ3) is 8.71. The Labute approximate surface area is 134 Å². The lowest BCUT2D eigenvalue weighted by Crippen LogP contribution is -2.27. The Kier molecular flexibility index (Phi) is 8.86. The molecule has 6 heteroatoms. The lowest BCUT2D eigenvalue weighted by molar-refractivity contribution is 0.00709. The van der Waals surface area contributed by atoms with Crippen molar-refractivity contribution in [3.05, 3.63) is 0 Å². The molecule has 0 aromatic carbocycles. The van der Waals surface area contributed by atoms with E-state index in [0.717, 1.165) is 0 Å². The maximum Gasteiger partial charge on any atom is 0.0758 e. The molecule has 0 amide bonds. The van der Waals surface area contributed by atoms with Crippen molar-refractivity contribution in [2.75, 3.05) is 27.3 Å². The standard InChI is InChI=1S/C16H28N4O2/c1-15(2,21-5)7-13(9-17)11-19-20-12-14(10-18)8-16(3,4)22-6/h13-14H,7-8,11-12H2,1-6H3. The van der Waals surface area contributed by atoms with Crippen molar-refractivity contribution in [2.45, 2.75) is 51.7 Å². The van der Waals surface area contributed by atoms with Crippen LogP contribution >= 0.6 is 0 Å². The van der Waals surface area contributed by atoms with Gasteiger partial charge in [-0.25, -0.2) is 0 Å². The summed E-state index contributed by atoms with van der Waals surface area (Å²) >= 11 is 0. The van der Waals surface area contributed by atoms with Crippen LogP contribution in [-0.2, 0) is 9.47 Å². The first-order chi connectivity index (χ1) is 10.2. The van der Waals surface area contributed by atoms with E-state index in [1.807, 2.05) is 27.7 Å². The molecule has 0 saturated carbocycles. The van der Waals surface area contributed by atoms with Gasteiger partial charge >= 0.3 is 0 Å². The van der Waals surface area contributed by atoms with E-state index < -0.39 is 0 Å². The van der Waals surface area contributed by atoms with Crippen LogP contribution < -0.4 is 0 Å². The maximum atomic E-state index is 9.15. The van der Waals surface area contributed by atoms with Gasteiger partial charge in [0.2, 0.25) is 0 Å². The van der Waals surface area contributed by atoms with Gasteiger partial charge in [0.15, 0.2) is 0 Å². The zero-order valence-corrected chi connectivity index (χ0v) is 14.6. The highest BCUT2D eigenvalue weighted by Gasteiger charge is 2.24. The molecule has 2 unspecified atom stereocenters. The average molecular weight is 308 g/mol. The number of azo groups is 1. The molecule has 0 aromatic rings. The molecule has 0 rings (SSSR count). The molecule has 0 aliphatic heterocycles. The second kappa shape index (κ2) is 9.50. The minimum atomic E-state index is -0.354. The molecule has 0 bridgehead atoms. The van der Waals surface area contributed by atoms with Crippen molar-refractivity contribution in [1.82, 2.24) is 0 Å². The van der Waals surface area contributed by atoms with Crippen LogP contribution in [-0.4, -0.2) is 38.5 Å². The fraction of sp³-hybridized carbons (Fsp3) is 0.875. The zero-order chi connectivity index (χ0) is 17.2. The van der Waals surface area contributed by atoms with E-state index >= 15 is 0 Å². The second-order valence-corrected chi connectivity index (χ2v) is 6.64. The summed E-state index contributed by atoms with van der Waals surface area (Å²) < 4.78 is 10.6. The first-order valence-corrected chi connectivity index (χ1v) is 7.42. The topological polar surface area (TPSA) is 90.8 Å². The lowest BCUT2D eigenvalue weighted by Gasteiger charge is -2.24. The van der Waals surface area contributed by atoms with Gasteiger partial charge in [-0.1, -0.05) is 0 Å². The molecule has 22 heavy (non-hydrogen) atoms. The molecule has 0 saturated heterocycles. The molecule has 0 aliphatic carbocycles. The minimum Gasteiger partial charge on any atom is -0.379 e. The van der Waals surface area contributed by atoms with Gasteiger partial charge < -0.3 is 9.47 Å². The van der Waals surface area contributed by atoms with Crippen LogP contribution in [0.25, 0.3) is 0 Å². The van der Waals surface area contributed by atoms with Gasteiger partial charge in [-0.15, -0.1) is 0 Å². The Morgan fingerprint density at radius 3 is 1.36 bits per heavy atom. The summed E-state index contributed by atoms with van der Waals surface area (Å²) in [6.07, 6.45) is 1.19. The van der Waals surface area contributed by atoms with E-state index in [1.54, 1.807) is 14.2 Å². The number of hydrogen-bond acceptors (Lipinski definition) is 6. The van der Waals surface area contributed by atoms with Crippen molar-refractivity contribution in [3.63, 3.8) is 0 Å². The van der Waals surface area contributed by atoms with Gasteiger partial charge in [0.05, 0.1) is 48.3 Å². The smallest absolute Gasteiger partial charge is 0.0758 e. The molecule has 2 atom stereocenters. The van der Waals surface area contributed by atoms with Gasteiger partial charge in [0.25, 0.3) is 0 Å². The molecular formula is C16H28N4O2. The van der Waals surface area contributed by atoms with Crippen LogP contribution in [0, 0.1) is 34.5 Å². The minimum absolute atomic E-state index is 0.241. The Morgan fingerprint density at radius 1 is 0.818 bits per heavy atom. The summed E-state index contributed by atoms with van der Waals surface area (Å²) in [6, 6.07) is 4.45. The van der Waals surface area contributed by atoms with Gasteiger partial charge in [0.1, 0.15) is 0 Å². The molecule has 0 heterocycles. The molecule has 0 radical (unpaired) electrons. The van der Waals surface area contributed by atoms with E-state index in [-0.39, 0.29) is 23.0 Å². The summed E-state index contributed by atoms with van der Waals surface area (Å²) in [5.41, 5.74) is -0.707. The normalized spacial score (nSPS) is 15.3. The molecule has 0 spiro atoms.